The Kier molecular flexibility index (Phi) is 6.28. The van der Waals surface area contributed by atoms with Gasteiger partial charge in [0.1, 0.15) is 0 Å². The summed E-state index contributed by atoms with van der Waals surface area (Å²) in [4.78, 5) is 10.5. The van der Waals surface area contributed by atoms with E-state index in [0.717, 1.165) is 13.0 Å². The molecule has 0 aliphatic heterocycles. The first kappa shape index (κ1) is 11.1. The van der Waals surface area contributed by atoms with Crippen LogP contribution in [0.15, 0.2) is 0 Å². The summed E-state index contributed by atoms with van der Waals surface area (Å²) in [6.07, 6.45) is 3.41. The van der Waals surface area contributed by atoms with E-state index in [1.807, 2.05) is 0 Å². The molecule has 0 aromatic carbocycles. The molecule has 70 valence electrons. The first-order chi connectivity index (χ1) is 5.68. The summed E-state index contributed by atoms with van der Waals surface area (Å²) in [6, 6.07) is 0. The fourth-order valence-corrected chi connectivity index (χ4v) is 0.702. The quantitative estimate of drug-likeness (QED) is 0.240. The Balaban J connectivity index is 3.20. The van der Waals surface area contributed by atoms with Gasteiger partial charge in [-0.15, -0.1) is 0 Å². The van der Waals surface area contributed by atoms with Crippen LogP contribution in [0, 0.1) is 5.41 Å². The highest BCUT2D eigenvalue weighted by atomic mass is 16.1. The largest absolute Gasteiger partial charge is 0.303 e. The molecule has 0 aliphatic carbocycles. The number of unbranched alkanes of at least 4 members (excludes halogenated alkanes) is 2. The fraction of sp³-hybridized carbons (Fsp3) is 0.750. The zero-order valence-electron chi connectivity index (χ0n) is 7.74. The Bertz CT molecular complexity index is 156. The highest BCUT2D eigenvalue weighted by molar-refractivity contribution is 6.36. The van der Waals surface area contributed by atoms with Crippen LogP contribution in [0.3, 0.4) is 0 Å². The van der Waals surface area contributed by atoms with Crippen LogP contribution < -0.4 is 10.9 Å². The molecule has 0 fully saturated rings. The van der Waals surface area contributed by atoms with E-state index < -0.39 is 0 Å². The molecule has 0 atom stereocenters. The average molecular weight is 171 g/mol. The first-order valence-electron chi connectivity index (χ1n) is 4.26. The molecule has 0 saturated heterocycles. The number of rotatable bonds is 6. The average Bonchev–Trinajstić information content (AvgIpc) is 2.03. The van der Waals surface area contributed by atoms with Gasteiger partial charge in [0.05, 0.1) is 0 Å². The number of carbonyl (C=O) groups is 1. The van der Waals surface area contributed by atoms with Gasteiger partial charge in [-0.2, -0.15) is 0 Å². The van der Waals surface area contributed by atoms with Crippen LogP contribution >= 0.6 is 0 Å². The molecular formula is C8H17N3O. The maximum atomic E-state index is 10.5. The number of nitrogens with one attached hydrogen (secondary N) is 3. The van der Waals surface area contributed by atoms with Crippen molar-refractivity contribution in [2.75, 3.05) is 6.54 Å². The van der Waals surface area contributed by atoms with E-state index in [0.29, 0.717) is 0 Å². The smallest absolute Gasteiger partial charge is 0.195 e. The topological polar surface area (TPSA) is 65.0 Å². The Hall–Kier alpha value is -0.900. The molecular weight excluding hydrogens is 154 g/mol. The highest BCUT2D eigenvalue weighted by Crippen LogP contribution is 1.89. The molecule has 0 spiro atoms. The lowest BCUT2D eigenvalue weighted by Gasteiger charge is -2.05. The lowest BCUT2D eigenvalue weighted by molar-refractivity contribution is -0.111. The van der Waals surface area contributed by atoms with Gasteiger partial charge < -0.3 is 5.43 Å². The fourth-order valence-electron chi connectivity index (χ4n) is 0.702. The zero-order valence-corrected chi connectivity index (χ0v) is 7.74. The van der Waals surface area contributed by atoms with Gasteiger partial charge in [0.25, 0.3) is 0 Å². The maximum absolute atomic E-state index is 10.5. The summed E-state index contributed by atoms with van der Waals surface area (Å²) in [6.45, 7) is 4.29. The Labute approximate surface area is 73.2 Å². The van der Waals surface area contributed by atoms with Crippen molar-refractivity contribution in [1.29, 1.82) is 5.41 Å². The number of hydrogen-bond acceptors (Lipinski definition) is 3. The number of carbonyl (C=O) groups excluding carboxylic acids is 1. The van der Waals surface area contributed by atoms with Gasteiger partial charge in [0.2, 0.25) is 0 Å². The van der Waals surface area contributed by atoms with E-state index >= 15 is 0 Å². The summed E-state index contributed by atoms with van der Waals surface area (Å²) >= 11 is 0. The third-order valence-corrected chi connectivity index (χ3v) is 1.47. The lowest BCUT2D eigenvalue weighted by Crippen LogP contribution is -2.40. The second-order valence-electron chi connectivity index (χ2n) is 2.69. The van der Waals surface area contributed by atoms with Gasteiger partial charge in [-0.25, -0.2) is 5.43 Å². The number of ketones is 1. The van der Waals surface area contributed by atoms with Crippen molar-refractivity contribution in [2.45, 2.75) is 33.1 Å². The molecule has 0 aliphatic rings. The van der Waals surface area contributed by atoms with E-state index in [1.54, 1.807) is 0 Å². The summed E-state index contributed by atoms with van der Waals surface area (Å²) in [7, 11) is 0. The molecule has 0 aromatic heterocycles. The van der Waals surface area contributed by atoms with Crippen molar-refractivity contribution in [1.82, 2.24) is 10.9 Å². The van der Waals surface area contributed by atoms with E-state index in [9.17, 15) is 4.79 Å². The van der Waals surface area contributed by atoms with Crippen molar-refractivity contribution >= 4 is 11.6 Å². The monoisotopic (exact) mass is 171 g/mol. The van der Waals surface area contributed by atoms with Crippen LogP contribution in [0.1, 0.15) is 33.1 Å². The van der Waals surface area contributed by atoms with Crippen molar-refractivity contribution < 1.29 is 4.79 Å². The van der Waals surface area contributed by atoms with E-state index in [2.05, 4.69) is 17.8 Å². The van der Waals surface area contributed by atoms with Gasteiger partial charge in [-0.05, 0) is 6.42 Å². The first-order valence-corrected chi connectivity index (χ1v) is 4.26. The number of amidine groups is 1. The van der Waals surface area contributed by atoms with Gasteiger partial charge in [0, 0.05) is 13.5 Å². The van der Waals surface area contributed by atoms with Crippen LogP contribution in [-0.4, -0.2) is 18.2 Å². The summed E-state index contributed by atoms with van der Waals surface area (Å²) < 4.78 is 0. The lowest BCUT2D eigenvalue weighted by atomic mass is 10.2. The Morgan fingerprint density at radius 2 is 2.08 bits per heavy atom. The van der Waals surface area contributed by atoms with Crippen LogP contribution in [-0.2, 0) is 4.79 Å². The molecule has 4 nitrogen and oxygen atoms in total. The molecule has 0 rings (SSSR count). The van der Waals surface area contributed by atoms with Crippen molar-refractivity contribution in [3.63, 3.8) is 0 Å². The normalized spacial score (nSPS) is 9.50. The van der Waals surface area contributed by atoms with Crippen molar-refractivity contribution in [2.24, 2.45) is 0 Å². The molecule has 0 bridgehead atoms. The summed E-state index contributed by atoms with van der Waals surface area (Å²) in [5.41, 5.74) is 5.33. The molecule has 3 N–H and O–H groups in total. The van der Waals surface area contributed by atoms with Crippen LogP contribution in [0.25, 0.3) is 0 Å². The molecule has 12 heavy (non-hydrogen) atoms. The predicted octanol–water partition coefficient (Wildman–Crippen LogP) is 0.837. The summed E-state index contributed by atoms with van der Waals surface area (Å²) in [5, 5.41) is 7.10. The van der Waals surface area contributed by atoms with Crippen LogP contribution in [0.4, 0.5) is 0 Å². The minimum atomic E-state index is -0.252. The third kappa shape index (κ3) is 5.85. The molecule has 0 aromatic rings. The van der Waals surface area contributed by atoms with E-state index in [4.69, 9.17) is 5.41 Å². The number of hydrogen-bond donors (Lipinski definition) is 3. The molecule has 0 unspecified atom stereocenters. The second kappa shape index (κ2) is 6.79. The standard InChI is InChI=1S/C8H17N3O/c1-3-4-5-6-10-11-8(9)7(2)12/h10H,3-6H2,1-2H3,(H2,9,11). The van der Waals surface area contributed by atoms with Gasteiger partial charge in [-0.3, -0.25) is 10.2 Å². The van der Waals surface area contributed by atoms with Gasteiger partial charge in [-0.1, -0.05) is 19.8 Å². The van der Waals surface area contributed by atoms with E-state index in [-0.39, 0.29) is 11.6 Å². The SMILES string of the molecule is CCCCCNNC(=N)C(C)=O. The number of Topliss-reactive ketones (excluding diaryl/α,β-unsaturated/α-hetero) is 1. The highest BCUT2D eigenvalue weighted by Gasteiger charge is 1.99. The van der Waals surface area contributed by atoms with E-state index in [1.165, 1.54) is 19.8 Å². The van der Waals surface area contributed by atoms with Crippen LogP contribution in [0.2, 0.25) is 0 Å². The zero-order chi connectivity index (χ0) is 9.40. The Morgan fingerprint density at radius 3 is 2.58 bits per heavy atom. The molecule has 0 amide bonds. The molecule has 0 saturated carbocycles. The Morgan fingerprint density at radius 1 is 1.42 bits per heavy atom. The molecule has 4 heteroatoms. The van der Waals surface area contributed by atoms with Crippen molar-refractivity contribution in [3.05, 3.63) is 0 Å². The molecule has 0 radical (unpaired) electrons. The predicted molar refractivity (Wildman–Crippen MR) is 49.1 cm³/mol. The minimum absolute atomic E-state index is 0.0773. The van der Waals surface area contributed by atoms with Crippen LogP contribution in [0.5, 0.6) is 0 Å². The minimum Gasteiger partial charge on any atom is -0.303 e. The maximum Gasteiger partial charge on any atom is 0.195 e. The van der Waals surface area contributed by atoms with Gasteiger partial charge in [0.15, 0.2) is 11.6 Å². The third-order valence-electron chi connectivity index (χ3n) is 1.47. The van der Waals surface area contributed by atoms with Gasteiger partial charge >= 0.3 is 0 Å². The van der Waals surface area contributed by atoms with Crippen molar-refractivity contribution in [3.8, 4) is 0 Å². The summed E-state index contributed by atoms with van der Waals surface area (Å²) in [5.74, 6) is -0.329. The molecule has 0 heterocycles. The number of hydrazine groups is 1. The second-order valence-corrected chi connectivity index (χ2v) is 2.69.